The summed E-state index contributed by atoms with van der Waals surface area (Å²) in [4.78, 5) is 10.9. The average molecular weight is 146 g/mol. The third-order valence-corrected chi connectivity index (χ3v) is 1.88. The molecule has 58 valence electrons. The molecular formula is C7H11FO2. The van der Waals surface area contributed by atoms with Gasteiger partial charge >= 0.3 is 5.97 Å². The van der Waals surface area contributed by atoms with Crippen LogP contribution in [0, 0.1) is 5.41 Å². The van der Waals surface area contributed by atoms with Crippen LogP contribution in [0.2, 0.25) is 0 Å². The van der Waals surface area contributed by atoms with E-state index in [0.29, 0.717) is 13.0 Å². The Morgan fingerprint density at radius 2 is 2.40 bits per heavy atom. The fraction of sp³-hybridized carbons (Fsp3) is 0.857. The highest BCUT2D eigenvalue weighted by Gasteiger charge is 2.58. The van der Waals surface area contributed by atoms with Crippen LogP contribution >= 0.6 is 0 Å². The lowest BCUT2D eigenvalue weighted by molar-refractivity contribution is -0.149. The summed E-state index contributed by atoms with van der Waals surface area (Å²) in [6.45, 7) is 3.65. The molecule has 2 nitrogen and oxygen atoms in total. The first kappa shape index (κ1) is 7.51. The predicted octanol–water partition coefficient (Wildman–Crippen LogP) is 1.30. The molecule has 0 heterocycles. The van der Waals surface area contributed by atoms with E-state index in [-0.39, 0.29) is 0 Å². The normalized spacial score (nSPS) is 37.3. The molecule has 0 amide bonds. The topological polar surface area (TPSA) is 26.3 Å². The van der Waals surface area contributed by atoms with E-state index in [2.05, 4.69) is 4.74 Å². The quantitative estimate of drug-likeness (QED) is 0.549. The van der Waals surface area contributed by atoms with Crippen LogP contribution in [0.4, 0.5) is 4.39 Å². The number of halogens is 1. The maximum atomic E-state index is 12.4. The number of ether oxygens (including phenoxy) is 1. The van der Waals surface area contributed by atoms with Gasteiger partial charge in [-0.25, -0.2) is 4.39 Å². The van der Waals surface area contributed by atoms with Crippen LogP contribution in [0.1, 0.15) is 20.3 Å². The fourth-order valence-electron chi connectivity index (χ4n) is 0.821. The number of carbonyl (C=O) groups is 1. The van der Waals surface area contributed by atoms with Crippen LogP contribution in [-0.4, -0.2) is 18.7 Å². The summed E-state index contributed by atoms with van der Waals surface area (Å²) < 4.78 is 17.1. The van der Waals surface area contributed by atoms with Crippen molar-refractivity contribution in [1.82, 2.24) is 0 Å². The lowest BCUT2D eigenvalue weighted by Gasteiger charge is -2.05. The van der Waals surface area contributed by atoms with E-state index in [0.717, 1.165) is 0 Å². The number of carbonyl (C=O) groups excluding carboxylic acids is 1. The van der Waals surface area contributed by atoms with Gasteiger partial charge in [-0.2, -0.15) is 0 Å². The second-order valence-electron chi connectivity index (χ2n) is 2.81. The zero-order valence-corrected chi connectivity index (χ0v) is 6.19. The van der Waals surface area contributed by atoms with Crippen molar-refractivity contribution in [3.05, 3.63) is 0 Å². The molecule has 0 radical (unpaired) electrons. The minimum Gasteiger partial charge on any atom is -0.465 e. The Hall–Kier alpha value is -0.600. The largest absolute Gasteiger partial charge is 0.465 e. The number of alkyl halides is 1. The zero-order valence-electron chi connectivity index (χ0n) is 6.19. The molecule has 1 aliphatic carbocycles. The van der Waals surface area contributed by atoms with Crippen molar-refractivity contribution in [3.63, 3.8) is 0 Å². The minimum atomic E-state index is -0.980. The lowest BCUT2D eigenvalue weighted by Crippen LogP contribution is -2.18. The molecule has 1 fully saturated rings. The molecule has 0 N–H and O–H groups in total. The van der Waals surface area contributed by atoms with Gasteiger partial charge in [0.1, 0.15) is 6.17 Å². The highest BCUT2D eigenvalue weighted by atomic mass is 19.1. The van der Waals surface area contributed by atoms with Crippen molar-refractivity contribution in [2.75, 3.05) is 6.61 Å². The lowest BCUT2D eigenvalue weighted by atomic mass is 10.1. The van der Waals surface area contributed by atoms with Gasteiger partial charge in [0.25, 0.3) is 0 Å². The molecule has 1 rings (SSSR count). The van der Waals surface area contributed by atoms with Crippen LogP contribution in [0.3, 0.4) is 0 Å². The summed E-state index contributed by atoms with van der Waals surface area (Å²) in [6, 6.07) is 0. The van der Waals surface area contributed by atoms with Gasteiger partial charge in [0.15, 0.2) is 0 Å². The summed E-state index contributed by atoms with van der Waals surface area (Å²) in [5.74, 6) is -0.400. The van der Waals surface area contributed by atoms with E-state index in [4.69, 9.17) is 0 Å². The summed E-state index contributed by atoms with van der Waals surface area (Å²) in [7, 11) is 0. The van der Waals surface area contributed by atoms with Crippen LogP contribution in [-0.2, 0) is 9.53 Å². The monoisotopic (exact) mass is 146 g/mol. The van der Waals surface area contributed by atoms with Crippen LogP contribution in [0.15, 0.2) is 0 Å². The van der Waals surface area contributed by atoms with E-state index in [1.54, 1.807) is 13.8 Å². The van der Waals surface area contributed by atoms with E-state index in [1.807, 2.05) is 0 Å². The third kappa shape index (κ3) is 1.00. The molecular weight excluding hydrogens is 135 g/mol. The fourth-order valence-corrected chi connectivity index (χ4v) is 0.821. The maximum absolute atomic E-state index is 12.4. The highest BCUT2D eigenvalue weighted by molar-refractivity contribution is 5.80. The van der Waals surface area contributed by atoms with Crippen molar-refractivity contribution in [3.8, 4) is 0 Å². The Labute approximate surface area is 59.4 Å². The van der Waals surface area contributed by atoms with Crippen molar-refractivity contribution in [1.29, 1.82) is 0 Å². The van der Waals surface area contributed by atoms with Crippen molar-refractivity contribution >= 4 is 5.97 Å². The summed E-state index contributed by atoms with van der Waals surface area (Å²) in [6.07, 6.45) is -0.655. The van der Waals surface area contributed by atoms with Gasteiger partial charge in [0, 0.05) is 0 Å². The van der Waals surface area contributed by atoms with Gasteiger partial charge < -0.3 is 4.74 Å². The molecule has 0 aliphatic heterocycles. The Morgan fingerprint density at radius 1 is 1.90 bits per heavy atom. The van der Waals surface area contributed by atoms with Gasteiger partial charge in [-0.1, -0.05) is 0 Å². The molecule has 0 bridgehead atoms. The molecule has 1 aliphatic rings. The summed E-state index contributed by atoms with van der Waals surface area (Å²) >= 11 is 0. The highest BCUT2D eigenvalue weighted by Crippen LogP contribution is 2.48. The first-order valence-corrected chi connectivity index (χ1v) is 3.42. The molecule has 0 aromatic carbocycles. The molecule has 1 saturated carbocycles. The molecule has 0 spiro atoms. The molecule has 10 heavy (non-hydrogen) atoms. The van der Waals surface area contributed by atoms with Gasteiger partial charge in [0.2, 0.25) is 0 Å². The van der Waals surface area contributed by atoms with E-state index in [1.165, 1.54) is 0 Å². The van der Waals surface area contributed by atoms with Crippen LogP contribution in [0.5, 0.6) is 0 Å². The van der Waals surface area contributed by atoms with Crippen molar-refractivity contribution < 1.29 is 13.9 Å². The molecule has 0 aromatic rings. The number of hydrogen-bond acceptors (Lipinski definition) is 2. The van der Waals surface area contributed by atoms with Gasteiger partial charge in [-0.3, -0.25) is 4.79 Å². The number of hydrogen-bond donors (Lipinski definition) is 0. The van der Waals surface area contributed by atoms with E-state index < -0.39 is 17.6 Å². The summed E-state index contributed by atoms with van der Waals surface area (Å²) in [5.41, 5.74) is -0.810. The Kier molecular flexibility index (Phi) is 1.67. The molecule has 0 saturated heterocycles. The molecule has 0 aromatic heterocycles. The van der Waals surface area contributed by atoms with Crippen molar-refractivity contribution in [2.24, 2.45) is 5.41 Å². The third-order valence-electron chi connectivity index (χ3n) is 1.88. The first-order valence-electron chi connectivity index (χ1n) is 3.42. The average Bonchev–Trinajstić information content (AvgIpc) is 2.43. The van der Waals surface area contributed by atoms with Gasteiger partial charge in [-0.15, -0.1) is 0 Å². The minimum absolute atomic E-state index is 0.325. The SMILES string of the molecule is CCOC(=O)C1(C)CC1F. The second-order valence-corrected chi connectivity index (χ2v) is 2.81. The number of esters is 1. The van der Waals surface area contributed by atoms with E-state index in [9.17, 15) is 9.18 Å². The second kappa shape index (κ2) is 2.22. The Morgan fingerprint density at radius 3 is 2.70 bits per heavy atom. The number of rotatable bonds is 2. The standard InChI is InChI=1S/C7H11FO2/c1-3-10-6(9)7(2)4-5(7)8/h5H,3-4H2,1-2H3. The Balaban J connectivity index is 2.43. The predicted molar refractivity (Wildman–Crippen MR) is 34.3 cm³/mol. The van der Waals surface area contributed by atoms with Crippen LogP contribution in [0.25, 0.3) is 0 Å². The van der Waals surface area contributed by atoms with Gasteiger partial charge in [-0.05, 0) is 20.3 Å². The molecule has 2 unspecified atom stereocenters. The first-order chi connectivity index (χ1) is 4.61. The maximum Gasteiger partial charge on any atom is 0.314 e. The van der Waals surface area contributed by atoms with Gasteiger partial charge in [0.05, 0.1) is 12.0 Å². The summed E-state index contributed by atoms with van der Waals surface area (Å²) in [5, 5.41) is 0. The zero-order chi connectivity index (χ0) is 7.78. The smallest absolute Gasteiger partial charge is 0.314 e. The molecule has 2 atom stereocenters. The Bertz CT molecular complexity index is 158. The van der Waals surface area contributed by atoms with Crippen molar-refractivity contribution in [2.45, 2.75) is 26.4 Å². The van der Waals surface area contributed by atoms with Crippen LogP contribution < -0.4 is 0 Å². The molecule has 3 heteroatoms. The van der Waals surface area contributed by atoms with E-state index >= 15 is 0 Å².